The number of rotatable bonds is 7. The first kappa shape index (κ1) is 34.1. The Morgan fingerprint density at radius 1 is 0.305 bits per heavy atom. The molecule has 0 fully saturated rings. The first-order valence-corrected chi connectivity index (χ1v) is 19.4. The Bertz CT molecular complexity index is 3240. The van der Waals surface area contributed by atoms with E-state index in [-0.39, 0.29) is 0 Å². The third-order valence-electron chi connectivity index (χ3n) is 10.7. The van der Waals surface area contributed by atoms with Gasteiger partial charge in [0.25, 0.3) is 0 Å². The van der Waals surface area contributed by atoms with E-state index in [4.69, 9.17) is 29.3 Å². The van der Waals surface area contributed by atoms with Crippen LogP contribution in [0.3, 0.4) is 0 Å². The van der Waals surface area contributed by atoms with Gasteiger partial charge in [0.2, 0.25) is 5.71 Å². The van der Waals surface area contributed by atoms with Crippen LogP contribution in [-0.2, 0) is 0 Å². The number of furan rings is 1. The number of nitrogens with zero attached hydrogens (tertiary/aromatic N) is 6. The van der Waals surface area contributed by atoms with Gasteiger partial charge in [0, 0.05) is 34.0 Å². The summed E-state index contributed by atoms with van der Waals surface area (Å²) in [5.74, 6) is 2.52. The Labute approximate surface area is 339 Å². The molecular weight excluding hydrogens is 725 g/mol. The first-order valence-electron chi connectivity index (χ1n) is 19.4. The molecule has 0 atom stereocenters. The molecule has 0 unspecified atom stereocenters. The zero-order valence-electron chi connectivity index (χ0n) is 31.6. The van der Waals surface area contributed by atoms with Crippen molar-refractivity contribution in [3.05, 3.63) is 194 Å². The molecule has 0 radical (unpaired) electrons. The van der Waals surface area contributed by atoms with E-state index in [9.17, 15) is 0 Å². The number of benzene rings is 7. The second-order valence-electron chi connectivity index (χ2n) is 14.4. The van der Waals surface area contributed by atoms with E-state index in [2.05, 4.69) is 120 Å². The fourth-order valence-corrected chi connectivity index (χ4v) is 7.54. The maximum Gasteiger partial charge on any atom is 0.229 e. The molecular formula is C52H32N6O. The molecule has 0 aliphatic carbocycles. The Morgan fingerprint density at radius 3 is 1.37 bits per heavy atom. The summed E-state index contributed by atoms with van der Waals surface area (Å²) in [6.45, 7) is 0. The summed E-state index contributed by atoms with van der Waals surface area (Å²) < 4.78 is 6.09. The SMILES string of the molecule is c1ccc(-c2ccc(-c3cnc4oc5cnc(-c6ccc7ccc(-c8ccc(-c9nc(-c%10ccccc%10)nc(-c%10ccccc%10)n9)cc8)cc7c6)nc5c4c3)cc2)cc1. The normalized spacial score (nSPS) is 11.4. The minimum atomic E-state index is 0.536. The first-order chi connectivity index (χ1) is 29.2. The molecule has 0 saturated heterocycles. The maximum absolute atomic E-state index is 6.09. The molecule has 7 nitrogen and oxygen atoms in total. The molecule has 0 amide bonds. The summed E-state index contributed by atoms with van der Waals surface area (Å²) in [4.78, 5) is 29.1. The summed E-state index contributed by atoms with van der Waals surface area (Å²) >= 11 is 0. The fourth-order valence-electron chi connectivity index (χ4n) is 7.54. The Balaban J connectivity index is 0.900. The summed E-state index contributed by atoms with van der Waals surface area (Å²) in [6, 6.07) is 62.3. The third-order valence-corrected chi connectivity index (χ3v) is 10.7. The van der Waals surface area contributed by atoms with E-state index in [0.717, 1.165) is 66.2 Å². The lowest BCUT2D eigenvalue weighted by Crippen LogP contribution is -2.00. The maximum atomic E-state index is 6.09. The minimum Gasteiger partial charge on any atom is -0.434 e. The summed E-state index contributed by atoms with van der Waals surface area (Å²) in [5, 5.41) is 3.07. The van der Waals surface area contributed by atoms with E-state index in [1.165, 1.54) is 11.1 Å². The van der Waals surface area contributed by atoms with Crippen LogP contribution in [0.1, 0.15) is 0 Å². The van der Waals surface area contributed by atoms with Crippen molar-refractivity contribution >= 4 is 33.0 Å². The van der Waals surface area contributed by atoms with Gasteiger partial charge in [0.1, 0.15) is 5.52 Å². The lowest BCUT2D eigenvalue weighted by molar-refractivity contribution is 0.651. The molecule has 11 aromatic rings. The van der Waals surface area contributed by atoms with Gasteiger partial charge in [-0.05, 0) is 56.8 Å². The van der Waals surface area contributed by atoms with Crippen molar-refractivity contribution in [3.63, 3.8) is 0 Å². The standard InChI is InChI=1S/C52H32N6O/c1-4-10-33(11-5-1)34-16-18-37(19-17-34)44-30-45-47-46(59-52(45)54-31-44)32-53-48(55-47)42-27-23-36-22-26-41(28-43(36)29-42)35-20-24-40(25-21-35)51-57-49(38-12-6-2-7-13-38)56-50(58-51)39-14-8-3-9-15-39/h1-32H. The van der Waals surface area contributed by atoms with E-state index in [1.807, 2.05) is 72.9 Å². The predicted molar refractivity (Wildman–Crippen MR) is 236 cm³/mol. The average Bonchev–Trinajstić information content (AvgIpc) is 3.69. The summed E-state index contributed by atoms with van der Waals surface area (Å²) in [7, 11) is 0. The fraction of sp³-hybridized carbons (Fsp3) is 0. The Morgan fingerprint density at radius 2 is 0.763 bits per heavy atom. The molecule has 0 saturated carbocycles. The van der Waals surface area contributed by atoms with Gasteiger partial charge in [0.15, 0.2) is 28.9 Å². The average molecular weight is 757 g/mol. The van der Waals surface area contributed by atoms with Crippen molar-refractivity contribution in [1.29, 1.82) is 0 Å². The molecule has 0 N–H and O–H groups in total. The molecule has 7 aromatic carbocycles. The van der Waals surface area contributed by atoms with Crippen LogP contribution in [0.25, 0.3) is 112 Å². The predicted octanol–water partition coefficient (Wildman–Crippen LogP) is 12.8. The van der Waals surface area contributed by atoms with E-state index < -0.39 is 0 Å². The second kappa shape index (κ2) is 14.4. The van der Waals surface area contributed by atoms with Gasteiger partial charge in [-0.2, -0.15) is 0 Å². The van der Waals surface area contributed by atoms with Crippen LogP contribution < -0.4 is 0 Å². The van der Waals surface area contributed by atoms with Gasteiger partial charge >= 0.3 is 0 Å². The van der Waals surface area contributed by atoms with E-state index >= 15 is 0 Å². The monoisotopic (exact) mass is 756 g/mol. The van der Waals surface area contributed by atoms with Gasteiger partial charge in [-0.25, -0.2) is 29.9 Å². The van der Waals surface area contributed by atoms with Gasteiger partial charge < -0.3 is 4.42 Å². The van der Waals surface area contributed by atoms with Crippen LogP contribution in [0.4, 0.5) is 0 Å². The molecule has 4 heterocycles. The molecule has 7 heteroatoms. The molecule has 0 aliphatic rings. The number of pyridine rings is 1. The van der Waals surface area contributed by atoms with Gasteiger partial charge in [0.05, 0.1) is 11.6 Å². The van der Waals surface area contributed by atoms with Crippen LogP contribution in [-0.4, -0.2) is 29.9 Å². The number of aromatic nitrogens is 6. The van der Waals surface area contributed by atoms with Crippen LogP contribution >= 0.6 is 0 Å². The molecule has 4 aromatic heterocycles. The second-order valence-corrected chi connectivity index (χ2v) is 14.4. The number of hydrogen-bond donors (Lipinski definition) is 0. The van der Waals surface area contributed by atoms with Crippen molar-refractivity contribution < 1.29 is 4.42 Å². The van der Waals surface area contributed by atoms with E-state index in [0.29, 0.717) is 34.6 Å². The largest absolute Gasteiger partial charge is 0.434 e. The smallest absolute Gasteiger partial charge is 0.229 e. The number of fused-ring (bicyclic) bond motifs is 4. The zero-order chi connectivity index (χ0) is 39.1. The Hall–Kier alpha value is -8.16. The third kappa shape index (κ3) is 6.56. The highest BCUT2D eigenvalue weighted by Gasteiger charge is 2.16. The van der Waals surface area contributed by atoms with E-state index in [1.54, 1.807) is 6.20 Å². The van der Waals surface area contributed by atoms with Crippen LogP contribution in [0.2, 0.25) is 0 Å². The van der Waals surface area contributed by atoms with Crippen LogP contribution in [0.5, 0.6) is 0 Å². The topological polar surface area (TPSA) is 90.5 Å². The summed E-state index contributed by atoms with van der Waals surface area (Å²) in [6.07, 6.45) is 3.59. The van der Waals surface area contributed by atoms with Crippen molar-refractivity contribution in [3.8, 4) is 78.9 Å². The summed E-state index contributed by atoms with van der Waals surface area (Å²) in [5.41, 5.74) is 12.2. The molecule has 0 spiro atoms. The van der Waals surface area contributed by atoms with Crippen LogP contribution in [0, 0.1) is 0 Å². The molecule has 59 heavy (non-hydrogen) atoms. The Kier molecular flexibility index (Phi) is 8.33. The molecule has 0 bridgehead atoms. The quantitative estimate of drug-likeness (QED) is 0.160. The highest BCUT2D eigenvalue weighted by Crippen LogP contribution is 2.34. The zero-order valence-corrected chi connectivity index (χ0v) is 31.6. The lowest BCUT2D eigenvalue weighted by atomic mass is 9.99. The lowest BCUT2D eigenvalue weighted by Gasteiger charge is -2.10. The highest BCUT2D eigenvalue weighted by molar-refractivity contribution is 6.03. The number of hydrogen-bond acceptors (Lipinski definition) is 7. The van der Waals surface area contributed by atoms with Gasteiger partial charge in [-0.3, -0.25) is 0 Å². The van der Waals surface area contributed by atoms with Crippen molar-refractivity contribution in [2.24, 2.45) is 0 Å². The van der Waals surface area contributed by atoms with Crippen molar-refractivity contribution in [2.45, 2.75) is 0 Å². The highest BCUT2D eigenvalue weighted by atomic mass is 16.3. The van der Waals surface area contributed by atoms with Crippen molar-refractivity contribution in [2.75, 3.05) is 0 Å². The molecule has 11 rings (SSSR count). The molecule has 0 aliphatic heterocycles. The molecule has 276 valence electrons. The van der Waals surface area contributed by atoms with Gasteiger partial charge in [-0.1, -0.05) is 164 Å². The minimum absolute atomic E-state index is 0.536. The van der Waals surface area contributed by atoms with Crippen molar-refractivity contribution in [1.82, 2.24) is 29.9 Å². The van der Waals surface area contributed by atoms with Gasteiger partial charge in [-0.15, -0.1) is 0 Å². The van der Waals surface area contributed by atoms with Crippen LogP contribution in [0.15, 0.2) is 199 Å².